The predicted octanol–water partition coefficient (Wildman–Crippen LogP) is 1.31. The molecule has 0 unspecified atom stereocenters. The molecule has 2 heterocycles. The van der Waals surface area contributed by atoms with E-state index in [1.165, 1.54) is 0 Å². The summed E-state index contributed by atoms with van der Waals surface area (Å²) in [5.74, 6) is 0. The fourth-order valence-electron chi connectivity index (χ4n) is 0.967. The van der Waals surface area contributed by atoms with E-state index in [4.69, 9.17) is 11.8 Å². The summed E-state index contributed by atoms with van der Waals surface area (Å²) in [5, 5.41) is 0. The first kappa shape index (κ1) is 5.06. The Morgan fingerprint density at radius 3 is 3.33 bits per heavy atom. The van der Waals surface area contributed by atoms with Crippen LogP contribution in [0, 0.1) is 0 Å². The number of halogens is 1. The molecule has 0 aromatic heterocycles. The van der Waals surface area contributed by atoms with E-state index >= 15 is 0 Å². The van der Waals surface area contributed by atoms with Crippen LogP contribution in [0.3, 0.4) is 0 Å². The van der Waals surface area contributed by atoms with Gasteiger partial charge in [-0.25, -0.2) is 0 Å². The molecule has 0 saturated carbocycles. The summed E-state index contributed by atoms with van der Waals surface area (Å²) < 4.78 is 1.66. The van der Waals surface area contributed by atoms with Crippen LogP contribution in [0.4, 0.5) is 0 Å². The first-order chi connectivity index (χ1) is 4.38. The second-order valence-corrected chi connectivity index (χ2v) is 2.37. The first-order valence-electron chi connectivity index (χ1n) is 2.76. The van der Waals surface area contributed by atoms with Gasteiger partial charge >= 0.3 is 0 Å². The molecule has 2 rings (SSSR count). The molecule has 46 valence electrons. The van der Waals surface area contributed by atoms with Crippen molar-refractivity contribution in [3.8, 4) is 0 Å². The van der Waals surface area contributed by atoms with Crippen molar-refractivity contribution in [2.75, 3.05) is 6.54 Å². The lowest BCUT2D eigenvalue weighted by molar-refractivity contribution is 0.665. The van der Waals surface area contributed by atoms with Gasteiger partial charge < -0.3 is 0 Å². The molecule has 0 fully saturated rings. The molecule has 0 aliphatic carbocycles. The van der Waals surface area contributed by atoms with Crippen LogP contribution < -0.4 is 0 Å². The lowest BCUT2D eigenvalue weighted by Crippen LogP contribution is -2.03. The lowest BCUT2D eigenvalue weighted by Gasteiger charge is -2.05. The highest BCUT2D eigenvalue weighted by atomic mass is 35.5. The van der Waals surface area contributed by atoms with E-state index in [9.17, 15) is 0 Å². The molecule has 2 nitrogen and oxygen atoms in total. The van der Waals surface area contributed by atoms with Crippen molar-refractivity contribution in [1.82, 2.24) is 4.42 Å². The Morgan fingerprint density at radius 2 is 2.56 bits per heavy atom. The Morgan fingerprint density at radius 1 is 1.67 bits per heavy atom. The van der Waals surface area contributed by atoms with E-state index in [1.807, 2.05) is 12.2 Å². The fourth-order valence-corrected chi connectivity index (χ4v) is 1.18. The summed E-state index contributed by atoms with van der Waals surface area (Å²) in [6.45, 7) is 0.778. The Hall–Kier alpha value is -0.760. The van der Waals surface area contributed by atoms with Gasteiger partial charge in [-0.3, -0.25) is 9.41 Å². The van der Waals surface area contributed by atoms with Gasteiger partial charge in [0, 0.05) is 18.0 Å². The molecule has 0 saturated heterocycles. The molecule has 3 heteroatoms. The maximum Gasteiger partial charge on any atom is 0.0854 e. The normalized spacial score (nSPS) is 22.1. The Kier molecular flexibility index (Phi) is 0.904. The zero-order chi connectivity index (χ0) is 6.27. The zero-order valence-electron chi connectivity index (χ0n) is 4.71. The van der Waals surface area contributed by atoms with Crippen molar-refractivity contribution in [1.29, 1.82) is 0 Å². The van der Waals surface area contributed by atoms with Crippen LogP contribution in [0.1, 0.15) is 0 Å². The highest BCUT2D eigenvalue weighted by Crippen LogP contribution is 2.27. The highest BCUT2D eigenvalue weighted by Gasteiger charge is 2.19. The van der Waals surface area contributed by atoms with Crippen molar-refractivity contribution in [3.05, 3.63) is 23.5 Å². The van der Waals surface area contributed by atoms with Gasteiger partial charge in [0.25, 0.3) is 0 Å². The molecule has 0 amide bonds. The molecular formula is C6H5ClN2. The minimum atomic E-state index is 0.778. The maximum atomic E-state index is 5.75. The van der Waals surface area contributed by atoms with Gasteiger partial charge in [-0.05, 0) is 12.2 Å². The van der Waals surface area contributed by atoms with E-state index in [0.29, 0.717) is 0 Å². The number of aliphatic imine (C=N–C) groups is 1. The second-order valence-electron chi connectivity index (χ2n) is 1.96. The van der Waals surface area contributed by atoms with E-state index in [2.05, 4.69) is 4.99 Å². The smallest absolute Gasteiger partial charge is 0.0854 e. The summed E-state index contributed by atoms with van der Waals surface area (Å²) in [4.78, 5) is 4.07. The van der Waals surface area contributed by atoms with Crippen LogP contribution in [0.25, 0.3) is 0 Å². The molecule has 0 N–H and O–H groups in total. The minimum Gasteiger partial charge on any atom is -0.279 e. The standard InChI is InChI=1S/C6H5ClN2/c7-9-4-2-5-6(9)1-3-8-5/h1-3H,4H2. The van der Waals surface area contributed by atoms with Gasteiger partial charge in [0.15, 0.2) is 0 Å². The van der Waals surface area contributed by atoms with Crippen molar-refractivity contribution < 1.29 is 0 Å². The molecule has 2 aliphatic heterocycles. The zero-order valence-corrected chi connectivity index (χ0v) is 5.47. The van der Waals surface area contributed by atoms with E-state index in [0.717, 1.165) is 17.9 Å². The molecule has 9 heavy (non-hydrogen) atoms. The summed E-state index contributed by atoms with van der Waals surface area (Å²) in [6, 6.07) is 0. The lowest BCUT2D eigenvalue weighted by atomic mass is 10.4. The largest absolute Gasteiger partial charge is 0.279 e. The Bertz CT molecular complexity index is 227. The first-order valence-corrected chi connectivity index (χ1v) is 3.10. The number of nitrogens with zero attached hydrogens (tertiary/aromatic N) is 2. The Balaban J connectivity index is 2.42. The van der Waals surface area contributed by atoms with Crippen LogP contribution in [-0.2, 0) is 0 Å². The van der Waals surface area contributed by atoms with Gasteiger partial charge in [-0.2, -0.15) is 0 Å². The predicted molar refractivity (Wildman–Crippen MR) is 37.2 cm³/mol. The topological polar surface area (TPSA) is 15.6 Å². The number of hydrogen-bond acceptors (Lipinski definition) is 2. The van der Waals surface area contributed by atoms with Gasteiger partial charge in [0.05, 0.1) is 17.9 Å². The van der Waals surface area contributed by atoms with Crippen LogP contribution in [0.15, 0.2) is 28.5 Å². The van der Waals surface area contributed by atoms with Gasteiger partial charge in [0.1, 0.15) is 0 Å². The summed E-state index contributed by atoms with van der Waals surface area (Å²) in [7, 11) is 0. The second kappa shape index (κ2) is 1.61. The van der Waals surface area contributed by atoms with Crippen molar-refractivity contribution in [3.63, 3.8) is 0 Å². The number of fused-ring (bicyclic) bond motifs is 1. The number of rotatable bonds is 0. The van der Waals surface area contributed by atoms with E-state index in [-0.39, 0.29) is 0 Å². The van der Waals surface area contributed by atoms with Crippen molar-refractivity contribution in [2.45, 2.75) is 0 Å². The molecule has 0 aromatic rings. The van der Waals surface area contributed by atoms with Crippen molar-refractivity contribution >= 4 is 18.0 Å². The summed E-state index contributed by atoms with van der Waals surface area (Å²) in [5.41, 5.74) is 2.03. The minimum absolute atomic E-state index is 0.778. The average molecular weight is 141 g/mol. The van der Waals surface area contributed by atoms with E-state index in [1.54, 1.807) is 10.6 Å². The molecule has 0 bridgehead atoms. The molecule has 0 spiro atoms. The average Bonchev–Trinajstić information content (AvgIpc) is 2.35. The van der Waals surface area contributed by atoms with E-state index < -0.39 is 0 Å². The Labute approximate surface area is 58.2 Å². The quantitative estimate of drug-likeness (QED) is 0.464. The van der Waals surface area contributed by atoms with Crippen LogP contribution >= 0.6 is 11.8 Å². The number of allylic oxidation sites excluding steroid dienone is 1. The monoisotopic (exact) mass is 140 g/mol. The molecule has 0 radical (unpaired) electrons. The van der Waals surface area contributed by atoms with Crippen LogP contribution in [0.5, 0.6) is 0 Å². The van der Waals surface area contributed by atoms with Crippen LogP contribution in [-0.4, -0.2) is 17.2 Å². The highest BCUT2D eigenvalue weighted by molar-refractivity contribution is 6.15. The maximum absolute atomic E-state index is 5.75. The molecule has 0 aromatic carbocycles. The third-order valence-electron chi connectivity index (χ3n) is 1.41. The third-order valence-corrected chi connectivity index (χ3v) is 1.73. The SMILES string of the molecule is ClN1CC=C2N=CC=C21. The molecule has 0 atom stereocenters. The summed E-state index contributed by atoms with van der Waals surface area (Å²) >= 11 is 5.75. The van der Waals surface area contributed by atoms with Crippen LogP contribution in [0.2, 0.25) is 0 Å². The van der Waals surface area contributed by atoms with Gasteiger partial charge in [-0.15, -0.1) is 0 Å². The third kappa shape index (κ3) is 0.598. The molecule has 2 aliphatic rings. The number of hydrogen-bond donors (Lipinski definition) is 0. The van der Waals surface area contributed by atoms with Gasteiger partial charge in [0.2, 0.25) is 0 Å². The fraction of sp³-hybridized carbons (Fsp3) is 0.167. The molecular weight excluding hydrogens is 136 g/mol. The van der Waals surface area contributed by atoms with Crippen molar-refractivity contribution in [2.24, 2.45) is 4.99 Å². The summed E-state index contributed by atoms with van der Waals surface area (Å²) in [6.07, 6.45) is 5.67. The van der Waals surface area contributed by atoms with Gasteiger partial charge in [-0.1, -0.05) is 0 Å².